The molecule has 0 radical (unpaired) electrons. The van der Waals surface area contributed by atoms with E-state index < -0.39 is 5.54 Å². The summed E-state index contributed by atoms with van der Waals surface area (Å²) in [6.07, 6.45) is 3.84. The predicted molar refractivity (Wildman–Crippen MR) is 71.7 cm³/mol. The first kappa shape index (κ1) is 13.4. The van der Waals surface area contributed by atoms with Crippen LogP contribution in [-0.2, 0) is 11.2 Å². The van der Waals surface area contributed by atoms with E-state index in [0.717, 1.165) is 37.0 Å². The smallest absolute Gasteiger partial charge is 0.225 e. The molecule has 0 heterocycles. The second-order valence-electron chi connectivity index (χ2n) is 4.97. The molecule has 0 saturated heterocycles. The average Bonchev–Trinajstić information content (AvgIpc) is 2.88. The molecule has 1 amide bonds. The van der Waals surface area contributed by atoms with Crippen LogP contribution in [0.25, 0.3) is 0 Å². The molecule has 19 heavy (non-hydrogen) atoms. The Bertz CT molecular complexity index is 482. The van der Waals surface area contributed by atoms with Gasteiger partial charge in [-0.15, -0.1) is 0 Å². The van der Waals surface area contributed by atoms with Gasteiger partial charge < -0.3 is 10.1 Å². The maximum atomic E-state index is 12.0. The Kier molecular flexibility index (Phi) is 4.06. The molecule has 4 nitrogen and oxygen atoms in total. The van der Waals surface area contributed by atoms with Gasteiger partial charge >= 0.3 is 0 Å². The molecule has 4 heteroatoms. The summed E-state index contributed by atoms with van der Waals surface area (Å²) in [5, 5.41) is 12.1. The second-order valence-corrected chi connectivity index (χ2v) is 4.97. The number of hydrogen-bond donors (Lipinski definition) is 1. The number of benzene rings is 1. The van der Waals surface area contributed by atoms with Gasteiger partial charge in [-0.05, 0) is 43.4 Å². The molecule has 1 fully saturated rings. The fourth-order valence-corrected chi connectivity index (χ4v) is 2.48. The van der Waals surface area contributed by atoms with E-state index in [1.807, 2.05) is 24.3 Å². The molecule has 1 aliphatic carbocycles. The van der Waals surface area contributed by atoms with Crippen molar-refractivity contribution in [3.8, 4) is 11.8 Å². The van der Waals surface area contributed by atoms with E-state index in [1.54, 1.807) is 7.11 Å². The van der Waals surface area contributed by atoms with Gasteiger partial charge in [0, 0.05) is 0 Å². The third kappa shape index (κ3) is 3.25. The van der Waals surface area contributed by atoms with Gasteiger partial charge in [0.25, 0.3) is 0 Å². The number of nitrogens with zero attached hydrogens (tertiary/aromatic N) is 1. The molecule has 0 atom stereocenters. The van der Waals surface area contributed by atoms with Crippen LogP contribution in [0.4, 0.5) is 0 Å². The van der Waals surface area contributed by atoms with Gasteiger partial charge in [0.1, 0.15) is 11.3 Å². The average molecular weight is 258 g/mol. The van der Waals surface area contributed by atoms with E-state index in [9.17, 15) is 10.1 Å². The molecule has 0 unspecified atom stereocenters. The van der Waals surface area contributed by atoms with Crippen LogP contribution in [0.3, 0.4) is 0 Å². The van der Waals surface area contributed by atoms with Crippen molar-refractivity contribution in [3.63, 3.8) is 0 Å². The highest BCUT2D eigenvalue weighted by atomic mass is 16.5. The minimum atomic E-state index is -0.635. The van der Waals surface area contributed by atoms with Crippen molar-refractivity contribution in [2.24, 2.45) is 0 Å². The maximum Gasteiger partial charge on any atom is 0.225 e. The fourth-order valence-electron chi connectivity index (χ4n) is 2.48. The lowest BCUT2D eigenvalue weighted by molar-refractivity contribution is -0.121. The number of nitriles is 1. The highest BCUT2D eigenvalue weighted by Crippen LogP contribution is 2.28. The van der Waals surface area contributed by atoms with E-state index in [-0.39, 0.29) is 5.91 Å². The van der Waals surface area contributed by atoms with Crippen molar-refractivity contribution in [1.29, 1.82) is 5.26 Å². The second kappa shape index (κ2) is 5.75. The number of carbonyl (C=O) groups is 1. The normalized spacial score (nSPS) is 16.6. The standard InChI is InChI=1S/C15H18N2O2/c1-19-13-6-4-12(5-7-13)10-14(18)17-15(11-16)8-2-3-9-15/h4-7H,2-3,8-10H2,1H3,(H,17,18). The molecule has 2 rings (SSSR count). The zero-order valence-corrected chi connectivity index (χ0v) is 11.1. The summed E-state index contributed by atoms with van der Waals surface area (Å²) in [5.41, 5.74) is 0.285. The van der Waals surface area contributed by atoms with Gasteiger partial charge in [0.15, 0.2) is 0 Å². The zero-order valence-electron chi connectivity index (χ0n) is 11.1. The van der Waals surface area contributed by atoms with Crippen molar-refractivity contribution in [2.75, 3.05) is 7.11 Å². The Hall–Kier alpha value is -2.02. The van der Waals surface area contributed by atoms with Crippen molar-refractivity contribution in [2.45, 2.75) is 37.6 Å². The van der Waals surface area contributed by atoms with Crippen LogP contribution >= 0.6 is 0 Å². The Morgan fingerprint density at radius 3 is 2.53 bits per heavy atom. The molecule has 1 saturated carbocycles. The summed E-state index contributed by atoms with van der Waals surface area (Å²) in [5.74, 6) is 0.682. The summed E-state index contributed by atoms with van der Waals surface area (Å²) in [4.78, 5) is 12.0. The zero-order chi connectivity index (χ0) is 13.7. The number of hydrogen-bond acceptors (Lipinski definition) is 3. The molecule has 0 aliphatic heterocycles. The van der Waals surface area contributed by atoms with Crippen LogP contribution in [0.5, 0.6) is 5.75 Å². The molecule has 1 aromatic rings. The third-order valence-corrected chi connectivity index (χ3v) is 3.57. The van der Waals surface area contributed by atoms with E-state index in [1.165, 1.54) is 0 Å². The molecule has 0 bridgehead atoms. The lowest BCUT2D eigenvalue weighted by Gasteiger charge is -2.21. The van der Waals surface area contributed by atoms with E-state index in [0.29, 0.717) is 6.42 Å². The maximum absolute atomic E-state index is 12.0. The number of rotatable bonds is 4. The first-order valence-corrected chi connectivity index (χ1v) is 6.53. The van der Waals surface area contributed by atoms with Crippen molar-refractivity contribution < 1.29 is 9.53 Å². The molecular formula is C15H18N2O2. The molecule has 100 valence electrons. The lowest BCUT2D eigenvalue weighted by Crippen LogP contribution is -2.45. The number of methoxy groups -OCH3 is 1. The van der Waals surface area contributed by atoms with Crippen molar-refractivity contribution in [1.82, 2.24) is 5.32 Å². The quantitative estimate of drug-likeness (QED) is 0.900. The van der Waals surface area contributed by atoms with Gasteiger partial charge in [-0.2, -0.15) is 5.26 Å². The van der Waals surface area contributed by atoms with Crippen LogP contribution in [0.2, 0.25) is 0 Å². The first-order chi connectivity index (χ1) is 9.17. The number of carbonyl (C=O) groups excluding carboxylic acids is 1. The van der Waals surface area contributed by atoms with Crippen LogP contribution in [-0.4, -0.2) is 18.6 Å². The SMILES string of the molecule is COc1ccc(CC(=O)NC2(C#N)CCCC2)cc1. The minimum Gasteiger partial charge on any atom is -0.497 e. The van der Waals surface area contributed by atoms with Gasteiger partial charge in [-0.1, -0.05) is 12.1 Å². The largest absolute Gasteiger partial charge is 0.497 e. The van der Waals surface area contributed by atoms with Crippen LogP contribution in [0.15, 0.2) is 24.3 Å². The summed E-state index contributed by atoms with van der Waals surface area (Å²) in [7, 11) is 1.61. The summed E-state index contributed by atoms with van der Waals surface area (Å²) < 4.78 is 5.07. The molecule has 1 aromatic carbocycles. The molecule has 1 N–H and O–H groups in total. The Labute approximate surface area is 113 Å². The van der Waals surface area contributed by atoms with Gasteiger partial charge in [-0.25, -0.2) is 0 Å². The van der Waals surface area contributed by atoms with E-state index >= 15 is 0 Å². The van der Waals surface area contributed by atoms with Crippen molar-refractivity contribution >= 4 is 5.91 Å². The number of amides is 1. The van der Waals surface area contributed by atoms with Crippen LogP contribution in [0.1, 0.15) is 31.2 Å². The molecular weight excluding hydrogens is 240 g/mol. The summed E-state index contributed by atoms with van der Waals surface area (Å²) in [6, 6.07) is 9.66. The number of ether oxygens (including phenoxy) is 1. The van der Waals surface area contributed by atoms with Crippen LogP contribution < -0.4 is 10.1 Å². The molecule has 1 aliphatic rings. The molecule has 0 aromatic heterocycles. The summed E-state index contributed by atoms with van der Waals surface area (Å²) >= 11 is 0. The topological polar surface area (TPSA) is 62.1 Å². The monoisotopic (exact) mass is 258 g/mol. The molecule has 0 spiro atoms. The van der Waals surface area contributed by atoms with Gasteiger partial charge in [-0.3, -0.25) is 4.79 Å². The fraction of sp³-hybridized carbons (Fsp3) is 0.467. The Balaban J connectivity index is 1.95. The highest BCUT2D eigenvalue weighted by Gasteiger charge is 2.35. The lowest BCUT2D eigenvalue weighted by atomic mass is 9.99. The predicted octanol–water partition coefficient (Wildman–Crippen LogP) is 2.19. The van der Waals surface area contributed by atoms with Crippen LogP contribution in [0, 0.1) is 11.3 Å². The first-order valence-electron chi connectivity index (χ1n) is 6.53. The summed E-state index contributed by atoms with van der Waals surface area (Å²) in [6.45, 7) is 0. The third-order valence-electron chi connectivity index (χ3n) is 3.57. The van der Waals surface area contributed by atoms with Gasteiger partial charge in [0.2, 0.25) is 5.91 Å². The van der Waals surface area contributed by atoms with E-state index in [2.05, 4.69) is 11.4 Å². The van der Waals surface area contributed by atoms with Crippen molar-refractivity contribution in [3.05, 3.63) is 29.8 Å². The van der Waals surface area contributed by atoms with E-state index in [4.69, 9.17) is 4.74 Å². The Morgan fingerprint density at radius 2 is 2.00 bits per heavy atom. The number of nitrogens with one attached hydrogen (secondary N) is 1. The van der Waals surface area contributed by atoms with Gasteiger partial charge in [0.05, 0.1) is 19.6 Å². The minimum absolute atomic E-state index is 0.0892. The Morgan fingerprint density at radius 1 is 1.37 bits per heavy atom. The highest BCUT2D eigenvalue weighted by molar-refractivity contribution is 5.79.